The number of hydrogen-bond donors (Lipinski definition) is 1. The second kappa shape index (κ2) is 25.2. The summed E-state index contributed by atoms with van der Waals surface area (Å²) in [5.41, 5.74) is 0.344. The van der Waals surface area contributed by atoms with Crippen LogP contribution in [0.3, 0.4) is 0 Å². The second-order valence-corrected chi connectivity index (χ2v) is 13.5. The topological polar surface area (TPSA) is 110 Å². The highest BCUT2D eigenvalue weighted by Crippen LogP contribution is 2.18. The number of unbranched alkanes of at least 4 members (excludes halogenated alkanes) is 14. The monoisotopic (exact) mass is 645 g/mol. The van der Waals surface area contributed by atoms with Gasteiger partial charge in [0.2, 0.25) is 5.91 Å². The Balaban J connectivity index is 2.42. The predicted octanol–water partition coefficient (Wildman–Crippen LogP) is 9.18. The molecule has 0 aliphatic carbocycles. The number of rotatable bonds is 27. The minimum Gasteiger partial charge on any atom is -0.480 e. The zero-order valence-electron chi connectivity index (χ0n) is 29.4. The third-order valence-electron chi connectivity index (χ3n) is 8.04. The van der Waals surface area contributed by atoms with Crippen molar-refractivity contribution in [3.63, 3.8) is 0 Å². The number of carboxylic acids is 1. The van der Waals surface area contributed by atoms with Gasteiger partial charge in [-0.2, -0.15) is 0 Å². The van der Waals surface area contributed by atoms with Crippen LogP contribution in [0.5, 0.6) is 0 Å². The molecule has 0 heterocycles. The van der Waals surface area contributed by atoms with Crippen LogP contribution in [0, 0.1) is 0 Å². The largest absolute Gasteiger partial charge is 0.480 e. The third-order valence-corrected chi connectivity index (χ3v) is 8.04. The third kappa shape index (κ3) is 21.8. The van der Waals surface area contributed by atoms with E-state index in [1.54, 1.807) is 20.8 Å². The van der Waals surface area contributed by atoms with E-state index in [1.807, 2.05) is 30.3 Å². The highest BCUT2D eigenvalue weighted by Gasteiger charge is 2.30. The first kappa shape index (κ1) is 41.1. The number of carboxylic acid groups (broad SMARTS) is 1. The van der Waals surface area contributed by atoms with Gasteiger partial charge in [0.15, 0.2) is 0 Å². The maximum Gasteiger partial charge on any atom is 0.326 e. The number of ether oxygens (including phenoxy) is 2. The number of esters is 2. The summed E-state index contributed by atoms with van der Waals surface area (Å²) in [5, 5.41) is 10.0. The van der Waals surface area contributed by atoms with Crippen molar-refractivity contribution in [2.24, 2.45) is 0 Å². The molecule has 0 bridgehead atoms. The molecule has 0 saturated heterocycles. The highest BCUT2D eigenvalue weighted by molar-refractivity contribution is 5.84. The van der Waals surface area contributed by atoms with Crippen LogP contribution in [0.1, 0.15) is 162 Å². The van der Waals surface area contributed by atoms with Crippen LogP contribution in [0.2, 0.25) is 0 Å². The molecule has 0 aliphatic rings. The van der Waals surface area contributed by atoms with Crippen LogP contribution >= 0.6 is 0 Å². The highest BCUT2D eigenvalue weighted by atomic mass is 16.6. The maximum atomic E-state index is 13.3. The molecule has 1 amide bonds. The maximum absolute atomic E-state index is 13.3. The fourth-order valence-corrected chi connectivity index (χ4v) is 5.49. The summed E-state index contributed by atoms with van der Waals surface area (Å²) in [4.78, 5) is 51.4. The molecule has 0 fully saturated rings. The zero-order valence-corrected chi connectivity index (χ0v) is 29.4. The molecule has 1 aromatic rings. The molecule has 262 valence electrons. The molecular weight excluding hydrogens is 582 g/mol. The van der Waals surface area contributed by atoms with Crippen LogP contribution < -0.4 is 0 Å². The van der Waals surface area contributed by atoms with Crippen LogP contribution in [-0.4, -0.2) is 52.0 Å². The van der Waals surface area contributed by atoms with Gasteiger partial charge in [-0.15, -0.1) is 0 Å². The quantitative estimate of drug-likeness (QED) is 0.0750. The molecular formula is C38H63NO7. The molecule has 0 unspecified atom stereocenters. The Morgan fingerprint density at radius 1 is 0.696 bits per heavy atom. The molecule has 8 nitrogen and oxygen atoms in total. The summed E-state index contributed by atoms with van der Waals surface area (Å²) in [6, 6.07) is 8.63. The lowest BCUT2D eigenvalue weighted by Crippen LogP contribution is -2.46. The Bertz CT molecular complexity index is 973. The van der Waals surface area contributed by atoms with E-state index in [2.05, 4.69) is 6.92 Å². The number of hydrogen-bond acceptors (Lipinski definition) is 6. The van der Waals surface area contributed by atoms with E-state index in [0.29, 0.717) is 32.4 Å². The lowest BCUT2D eigenvalue weighted by Gasteiger charge is -2.29. The normalized spacial score (nSPS) is 12.0. The fraction of sp³-hybridized carbons (Fsp3) is 0.737. The molecule has 1 rings (SSSR count). The van der Waals surface area contributed by atoms with Gasteiger partial charge in [0.05, 0.1) is 0 Å². The zero-order chi connectivity index (χ0) is 34.0. The second-order valence-electron chi connectivity index (χ2n) is 13.5. The van der Waals surface area contributed by atoms with Gasteiger partial charge in [-0.1, -0.05) is 121 Å². The Morgan fingerprint density at radius 3 is 1.76 bits per heavy atom. The summed E-state index contributed by atoms with van der Waals surface area (Å²) in [6.45, 7) is 8.26. The van der Waals surface area contributed by atoms with Crippen molar-refractivity contribution in [1.29, 1.82) is 0 Å². The smallest absolute Gasteiger partial charge is 0.326 e. The summed E-state index contributed by atoms with van der Waals surface area (Å²) >= 11 is 0. The van der Waals surface area contributed by atoms with Gasteiger partial charge in [0.1, 0.15) is 18.2 Å². The van der Waals surface area contributed by atoms with Gasteiger partial charge < -0.3 is 19.5 Å². The predicted molar refractivity (Wildman–Crippen MR) is 183 cm³/mol. The van der Waals surface area contributed by atoms with Gasteiger partial charge in [0, 0.05) is 25.8 Å². The Labute approximate surface area is 279 Å². The van der Waals surface area contributed by atoms with Crippen LogP contribution in [0.4, 0.5) is 0 Å². The van der Waals surface area contributed by atoms with Crippen molar-refractivity contribution in [3.05, 3.63) is 35.9 Å². The Hall–Kier alpha value is -2.90. The summed E-state index contributed by atoms with van der Waals surface area (Å²) in [7, 11) is 0. The van der Waals surface area contributed by atoms with Crippen LogP contribution in [0.25, 0.3) is 0 Å². The summed E-state index contributed by atoms with van der Waals surface area (Å²) < 4.78 is 10.7. The van der Waals surface area contributed by atoms with Gasteiger partial charge in [-0.25, -0.2) is 4.79 Å². The first-order valence-electron chi connectivity index (χ1n) is 18.0. The number of nitrogens with zero attached hydrogens (tertiary/aromatic N) is 1. The van der Waals surface area contributed by atoms with Gasteiger partial charge in [-0.05, 0) is 52.0 Å². The Kier molecular flexibility index (Phi) is 22.5. The number of carbonyl (C=O) groups excluding carboxylic acids is 3. The molecule has 0 aliphatic heterocycles. The minimum absolute atomic E-state index is 0.0411. The van der Waals surface area contributed by atoms with E-state index in [4.69, 9.17) is 9.47 Å². The van der Waals surface area contributed by atoms with Crippen LogP contribution in [-0.2, 0) is 35.3 Å². The molecule has 0 saturated carbocycles. The van der Waals surface area contributed by atoms with E-state index in [9.17, 15) is 24.3 Å². The lowest BCUT2D eigenvalue weighted by atomic mass is 10.0. The van der Waals surface area contributed by atoms with Crippen LogP contribution in [0.15, 0.2) is 30.3 Å². The molecule has 0 spiro atoms. The van der Waals surface area contributed by atoms with Gasteiger partial charge in [-0.3, -0.25) is 14.4 Å². The summed E-state index contributed by atoms with van der Waals surface area (Å²) in [6.07, 6.45) is 17.4. The van der Waals surface area contributed by atoms with E-state index < -0.39 is 23.6 Å². The molecule has 0 aromatic heterocycles. The van der Waals surface area contributed by atoms with E-state index in [0.717, 1.165) is 69.8 Å². The average Bonchev–Trinajstić information content (AvgIpc) is 3.00. The lowest BCUT2D eigenvalue weighted by molar-refractivity contribution is -0.157. The van der Waals surface area contributed by atoms with Crippen molar-refractivity contribution in [1.82, 2.24) is 4.90 Å². The van der Waals surface area contributed by atoms with Crippen molar-refractivity contribution < 1.29 is 33.8 Å². The van der Waals surface area contributed by atoms with Crippen molar-refractivity contribution in [2.45, 2.75) is 174 Å². The van der Waals surface area contributed by atoms with Crippen molar-refractivity contribution in [3.8, 4) is 0 Å². The summed E-state index contributed by atoms with van der Waals surface area (Å²) in [5.74, 6) is -1.83. The molecule has 0 radical (unpaired) electrons. The van der Waals surface area contributed by atoms with Crippen molar-refractivity contribution >= 4 is 23.8 Å². The number of carbonyl (C=O) groups is 4. The average molecular weight is 646 g/mol. The number of amides is 1. The molecule has 8 heteroatoms. The fourth-order valence-electron chi connectivity index (χ4n) is 5.49. The first-order valence-corrected chi connectivity index (χ1v) is 18.0. The SMILES string of the molecule is CCCCCCCCCCCN(C(=O)CCCCCCCCCC(=O)OCc1ccccc1)[C@H](CCC(=O)OC(C)(C)C)C(=O)O. The number of aliphatic carboxylic acids is 1. The van der Waals surface area contributed by atoms with E-state index in [-0.39, 0.29) is 24.7 Å². The van der Waals surface area contributed by atoms with Gasteiger partial charge in [0.25, 0.3) is 0 Å². The minimum atomic E-state index is -1.07. The molecule has 1 aromatic carbocycles. The van der Waals surface area contributed by atoms with E-state index in [1.165, 1.54) is 37.0 Å². The number of benzene rings is 1. The molecule has 1 N–H and O–H groups in total. The molecule has 46 heavy (non-hydrogen) atoms. The van der Waals surface area contributed by atoms with Gasteiger partial charge >= 0.3 is 17.9 Å². The van der Waals surface area contributed by atoms with E-state index >= 15 is 0 Å². The first-order chi connectivity index (χ1) is 22.0. The Morgan fingerprint density at radius 2 is 1.22 bits per heavy atom. The molecule has 1 atom stereocenters. The standard InChI is InChI=1S/C38H63NO7/c1-5-6-7-8-9-10-14-17-23-30-39(33(37(43)44)28-29-36(42)46-38(2,3)4)34(40)26-21-15-12-11-13-16-22-27-35(41)45-31-32-24-19-18-20-25-32/h18-20,24-25,33H,5-17,21-23,26-31H2,1-4H3,(H,43,44)/t33-/m1/s1. The van der Waals surface area contributed by atoms with Crippen molar-refractivity contribution in [2.75, 3.05) is 6.54 Å².